The van der Waals surface area contributed by atoms with Gasteiger partial charge in [0.1, 0.15) is 0 Å². The Balaban J connectivity index is 2.20. The van der Waals surface area contributed by atoms with E-state index in [1.807, 2.05) is 0 Å². The van der Waals surface area contributed by atoms with Gasteiger partial charge < -0.3 is 10.6 Å². The number of hydrogen-bond acceptors (Lipinski definition) is 2. The summed E-state index contributed by atoms with van der Waals surface area (Å²) in [6, 6.07) is 0. The lowest BCUT2D eigenvalue weighted by atomic mass is 9.88. The summed E-state index contributed by atoms with van der Waals surface area (Å²) in [6.07, 6.45) is 9.59. The van der Waals surface area contributed by atoms with E-state index < -0.39 is 0 Å². The van der Waals surface area contributed by atoms with Crippen molar-refractivity contribution < 1.29 is 0 Å². The van der Waals surface area contributed by atoms with Gasteiger partial charge in [0.25, 0.3) is 0 Å². The zero-order valence-corrected chi connectivity index (χ0v) is 13.5. The normalized spacial score (nSPS) is 23.5. The second-order valence-electron chi connectivity index (χ2n) is 6.77. The van der Waals surface area contributed by atoms with Crippen molar-refractivity contribution in [2.24, 2.45) is 23.5 Å². The van der Waals surface area contributed by atoms with Crippen molar-refractivity contribution in [1.29, 1.82) is 0 Å². The molecule has 2 unspecified atom stereocenters. The van der Waals surface area contributed by atoms with Gasteiger partial charge in [0.15, 0.2) is 0 Å². The van der Waals surface area contributed by atoms with E-state index in [1.54, 1.807) is 0 Å². The molecule has 2 N–H and O–H groups in total. The number of rotatable bonds is 8. The zero-order chi connectivity index (χ0) is 14.1. The van der Waals surface area contributed by atoms with E-state index in [1.165, 1.54) is 64.6 Å². The summed E-state index contributed by atoms with van der Waals surface area (Å²) in [5, 5.41) is 0. The van der Waals surface area contributed by atoms with Gasteiger partial charge in [-0.1, -0.05) is 27.2 Å². The van der Waals surface area contributed by atoms with Gasteiger partial charge >= 0.3 is 0 Å². The molecular weight excluding hydrogens is 232 g/mol. The molecule has 0 aromatic rings. The van der Waals surface area contributed by atoms with Crippen LogP contribution in [-0.4, -0.2) is 31.1 Å². The first-order valence-electron chi connectivity index (χ1n) is 8.59. The van der Waals surface area contributed by atoms with Crippen molar-refractivity contribution in [3.05, 3.63) is 0 Å². The first-order chi connectivity index (χ1) is 9.17. The molecule has 1 rings (SSSR count). The second-order valence-corrected chi connectivity index (χ2v) is 6.77. The first kappa shape index (κ1) is 17.0. The molecule has 1 heterocycles. The quantitative estimate of drug-likeness (QED) is 0.723. The van der Waals surface area contributed by atoms with Crippen LogP contribution in [0.4, 0.5) is 0 Å². The van der Waals surface area contributed by atoms with Crippen LogP contribution in [0.3, 0.4) is 0 Å². The van der Waals surface area contributed by atoms with Crippen LogP contribution in [0.25, 0.3) is 0 Å². The molecule has 0 radical (unpaired) electrons. The van der Waals surface area contributed by atoms with Gasteiger partial charge in [0.05, 0.1) is 0 Å². The lowest BCUT2D eigenvalue weighted by Crippen LogP contribution is -2.27. The fourth-order valence-corrected chi connectivity index (χ4v) is 3.46. The second kappa shape index (κ2) is 9.77. The summed E-state index contributed by atoms with van der Waals surface area (Å²) >= 11 is 0. The number of hydrogen-bond donors (Lipinski definition) is 1. The highest BCUT2D eigenvalue weighted by Crippen LogP contribution is 2.23. The molecule has 0 amide bonds. The van der Waals surface area contributed by atoms with Crippen molar-refractivity contribution in [3.63, 3.8) is 0 Å². The molecule has 0 aliphatic carbocycles. The summed E-state index contributed by atoms with van der Waals surface area (Å²) < 4.78 is 0. The molecule has 0 aromatic heterocycles. The topological polar surface area (TPSA) is 29.3 Å². The van der Waals surface area contributed by atoms with Crippen LogP contribution in [0.2, 0.25) is 0 Å². The van der Waals surface area contributed by atoms with E-state index in [9.17, 15) is 0 Å². The molecule has 2 nitrogen and oxygen atoms in total. The summed E-state index contributed by atoms with van der Waals surface area (Å²) in [4.78, 5) is 2.70. The average Bonchev–Trinajstić information content (AvgIpc) is 2.62. The van der Waals surface area contributed by atoms with Gasteiger partial charge in [0.2, 0.25) is 0 Å². The Morgan fingerprint density at radius 2 is 1.95 bits per heavy atom. The molecule has 2 heteroatoms. The van der Waals surface area contributed by atoms with Crippen LogP contribution < -0.4 is 5.73 Å². The van der Waals surface area contributed by atoms with Crippen molar-refractivity contribution in [3.8, 4) is 0 Å². The fourth-order valence-electron chi connectivity index (χ4n) is 3.46. The molecule has 2 atom stereocenters. The van der Waals surface area contributed by atoms with Crippen LogP contribution in [0, 0.1) is 17.8 Å². The number of likely N-dealkylation sites (tertiary alicyclic amines) is 1. The van der Waals surface area contributed by atoms with Crippen LogP contribution in [0.5, 0.6) is 0 Å². The van der Waals surface area contributed by atoms with Gasteiger partial charge in [-0.05, 0) is 82.5 Å². The Bertz CT molecular complexity index is 215. The summed E-state index contributed by atoms with van der Waals surface area (Å²) in [7, 11) is 0. The molecule has 1 aliphatic rings. The summed E-state index contributed by atoms with van der Waals surface area (Å²) in [5.41, 5.74) is 5.72. The van der Waals surface area contributed by atoms with Crippen molar-refractivity contribution in [2.45, 2.75) is 65.7 Å². The van der Waals surface area contributed by atoms with Crippen molar-refractivity contribution >= 4 is 0 Å². The molecule has 1 aliphatic heterocycles. The standard InChI is InChI=1S/C17H36N2/c1-4-16-7-5-12-19(14-10-16)13-6-8-17(9-11-18)15(2)3/h15-17H,4-14,18H2,1-3H3. The Kier molecular flexibility index (Phi) is 8.72. The van der Waals surface area contributed by atoms with Crippen LogP contribution >= 0.6 is 0 Å². The Morgan fingerprint density at radius 1 is 1.16 bits per heavy atom. The Morgan fingerprint density at radius 3 is 2.58 bits per heavy atom. The van der Waals surface area contributed by atoms with E-state index >= 15 is 0 Å². The predicted octanol–water partition coefficient (Wildman–Crippen LogP) is 3.90. The maximum absolute atomic E-state index is 5.72. The Hall–Kier alpha value is -0.0800. The van der Waals surface area contributed by atoms with Crippen molar-refractivity contribution in [1.82, 2.24) is 4.90 Å². The lowest BCUT2D eigenvalue weighted by Gasteiger charge is -2.24. The molecule has 0 aromatic carbocycles. The molecule has 1 saturated heterocycles. The maximum Gasteiger partial charge on any atom is -0.00161 e. The molecule has 1 fully saturated rings. The largest absolute Gasteiger partial charge is 0.330 e. The molecule has 19 heavy (non-hydrogen) atoms. The summed E-state index contributed by atoms with van der Waals surface area (Å²) in [5.74, 6) is 2.61. The van der Waals surface area contributed by atoms with Gasteiger partial charge in [-0.25, -0.2) is 0 Å². The highest BCUT2D eigenvalue weighted by atomic mass is 15.1. The third kappa shape index (κ3) is 6.76. The molecule has 114 valence electrons. The van der Waals surface area contributed by atoms with Gasteiger partial charge in [-0.15, -0.1) is 0 Å². The first-order valence-corrected chi connectivity index (χ1v) is 8.59. The van der Waals surface area contributed by atoms with E-state index in [2.05, 4.69) is 25.7 Å². The molecule has 0 saturated carbocycles. The van der Waals surface area contributed by atoms with Gasteiger partial charge in [-0.2, -0.15) is 0 Å². The minimum Gasteiger partial charge on any atom is -0.330 e. The van der Waals surface area contributed by atoms with E-state index in [4.69, 9.17) is 5.73 Å². The summed E-state index contributed by atoms with van der Waals surface area (Å²) in [6.45, 7) is 11.9. The average molecular weight is 268 g/mol. The van der Waals surface area contributed by atoms with E-state index in [-0.39, 0.29) is 0 Å². The third-order valence-electron chi connectivity index (χ3n) is 5.05. The van der Waals surface area contributed by atoms with Gasteiger partial charge in [0, 0.05) is 0 Å². The SMILES string of the molecule is CCC1CCCN(CCCC(CCN)C(C)C)CC1. The van der Waals surface area contributed by atoms with E-state index in [0.717, 1.165) is 24.3 Å². The van der Waals surface area contributed by atoms with Crippen LogP contribution in [0.1, 0.15) is 65.7 Å². The minimum absolute atomic E-state index is 0.789. The van der Waals surface area contributed by atoms with Crippen LogP contribution in [0.15, 0.2) is 0 Å². The smallest absolute Gasteiger partial charge is 0.00161 e. The minimum atomic E-state index is 0.789. The highest BCUT2D eigenvalue weighted by Gasteiger charge is 2.16. The molecular formula is C17H36N2. The maximum atomic E-state index is 5.72. The third-order valence-corrected chi connectivity index (χ3v) is 5.05. The monoisotopic (exact) mass is 268 g/mol. The highest BCUT2D eigenvalue weighted by molar-refractivity contribution is 4.71. The Labute approximate surface area is 121 Å². The lowest BCUT2D eigenvalue weighted by molar-refractivity contribution is 0.251. The van der Waals surface area contributed by atoms with Crippen molar-refractivity contribution in [2.75, 3.05) is 26.2 Å². The van der Waals surface area contributed by atoms with Gasteiger partial charge in [-0.3, -0.25) is 0 Å². The molecule has 0 bridgehead atoms. The number of nitrogens with two attached hydrogens (primary N) is 1. The number of nitrogens with zero attached hydrogens (tertiary/aromatic N) is 1. The zero-order valence-electron chi connectivity index (χ0n) is 13.5. The predicted molar refractivity (Wildman–Crippen MR) is 85.3 cm³/mol. The van der Waals surface area contributed by atoms with E-state index in [0.29, 0.717) is 0 Å². The molecule has 0 spiro atoms. The van der Waals surface area contributed by atoms with Crippen LogP contribution in [-0.2, 0) is 0 Å². The fraction of sp³-hybridized carbons (Fsp3) is 1.00.